The van der Waals surface area contributed by atoms with Gasteiger partial charge in [-0.1, -0.05) is 12.1 Å². The lowest BCUT2D eigenvalue weighted by Gasteiger charge is -2.12. The van der Waals surface area contributed by atoms with E-state index in [1.807, 2.05) is 6.07 Å². The quantitative estimate of drug-likeness (QED) is 0.661. The van der Waals surface area contributed by atoms with Crippen LogP contribution in [0.3, 0.4) is 0 Å². The van der Waals surface area contributed by atoms with Crippen molar-refractivity contribution in [3.63, 3.8) is 0 Å². The predicted molar refractivity (Wildman–Crippen MR) is 73.8 cm³/mol. The first-order chi connectivity index (χ1) is 9.04. The molecule has 0 spiro atoms. The molecular formula is C13H20N4O2. The number of hydrogen-bond acceptors (Lipinski definition) is 3. The Labute approximate surface area is 113 Å². The largest absolute Gasteiger partial charge is 0.350 e. The highest BCUT2D eigenvalue weighted by Gasteiger charge is 2.06. The zero-order chi connectivity index (χ0) is 14.3. The van der Waals surface area contributed by atoms with Crippen LogP contribution in [0.4, 0.5) is 4.79 Å². The van der Waals surface area contributed by atoms with Gasteiger partial charge in [0.2, 0.25) is 0 Å². The fraction of sp³-hybridized carbons (Fsp3) is 0.385. The van der Waals surface area contributed by atoms with Gasteiger partial charge < -0.3 is 21.3 Å². The van der Waals surface area contributed by atoms with Crippen molar-refractivity contribution >= 4 is 11.9 Å². The number of carbonyl (C=O) groups is 2. The van der Waals surface area contributed by atoms with Crippen molar-refractivity contribution in [3.05, 3.63) is 35.4 Å². The van der Waals surface area contributed by atoms with Crippen LogP contribution in [0.1, 0.15) is 15.9 Å². The summed E-state index contributed by atoms with van der Waals surface area (Å²) < 4.78 is 0. The maximum absolute atomic E-state index is 11.8. The summed E-state index contributed by atoms with van der Waals surface area (Å²) in [6.07, 6.45) is 0. The Hall–Kier alpha value is -2.08. The zero-order valence-electron chi connectivity index (χ0n) is 11.3. The number of benzene rings is 1. The van der Waals surface area contributed by atoms with E-state index >= 15 is 0 Å². The molecule has 6 nitrogen and oxygen atoms in total. The standard InChI is InChI=1S/C13H20N4O2/c1-17(2)13(19)16-7-6-15-12(18)11-5-3-4-10(8-11)9-14/h3-5,8H,6-7,9,14H2,1-2H3,(H,15,18)(H,16,19). The van der Waals surface area contributed by atoms with Gasteiger partial charge in [0.1, 0.15) is 0 Å². The Balaban J connectivity index is 2.37. The molecule has 19 heavy (non-hydrogen) atoms. The van der Waals surface area contributed by atoms with E-state index in [-0.39, 0.29) is 11.9 Å². The average molecular weight is 264 g/mol. The lowest BCUT2D eigenvalue weighted by Crippen LogP contribution is -2.39. The van der Waals surface area contributed by atoms with E-state index in [1.165, 1.54) is 4.90 Å². The molecular weight excluding hydrogens is 244 g/mol. The van der Waals surface area contributed by atoms with Crippen LogP contribution < -0.4 is 16.4 Å². The minimum atomic E-state index is -0.181. The maximum Gasteiger partial charge on any atom is 0.316 e. The lowest BCUT2D eigenvalue weighted by atomic mass is 10.1. The van der Waals surface area contributed by atoms with Gasteiger partial charge in [-0.25, -0.2) is 4.79 Å². The first-order valence-electron chi connectivity index (χ1n) is 6.07. The number of carbonyl (C=O) groups excluding carboxylic acids is 2. The maximum atomic E-state index is 11.8. The number of nitrogens with one attached hydrogen (secondary N) is 2. The normalized spacial score (nSPS) is 9.84. The van der Waals surface area contributed by atoms with Crippen molar-refractivity contribution in [1.82, 2.24) is 15.5 Å². The molecule has 1 aromatic carbocycles. The van der Waals surface area contributed by atoms with E-state index in [9.17, 15) is 9.59 Å². The highest BCUT2D eigenvalue weighted by molar-refractivity contribution is 5.94. The smallest absolute Gasteiger partial charge is 0.316 e. The van der Waals surface area contributed by atoms with Crippen molar-refractivity contribution in [2.45, 2.75) is 6.54 Å². The van der Waals surface area contributed by atoms with Crippen molar-refractivity contribution in [3.8, 4) is 0 Å². The summed E-state index contributed by atoms with van der Waals surface area (Å²) in [6, 6.07) is 6.97. The molecule has 0 aliphatic carbocycles. The van der Waals surface area contributed by atoms with Crippen molar-refractivity contribution in [1.29, 1.82) is 0 Å². The molecule has 0 bridgehead atoms. The van der Waals surface area contributed by atoms with Gasteiger partial charge in [-0.05, 0) is 17.7 Å². The Morgan fingerprint density at radius 1 is 1.21 bits per heavy atom. The van der Waals surface area contributed by atoms with Crippen molar-refractivity contribution in [2.75, 3.05) is 27.2 Å². The first-order valence-corrected chi connectivity index (χ1v) is 6.07. The third-order valence-corrected chi connectivity index (χ3v) is 2.52. The van der Waals surface area contributed by atoms with Gasteiger partial charge in [0.05, 0.1) is 0 Å². The van der Waals surface area contributed by atoms with Crippen LogP contribution in [0.2, 0.25) is 0 Å². The third kappa shape index (κ3) is 4.97. The fourth-order valence-electron chi connectivity index (χ4n) is 1.45. The molecule has 1 aromatic rings. The van der Waals surface area contributed by atoms with E-state index in [4.69, 9.17) is 5.73 Å². The molecule has 0 aliphatic rings. The van der Waals surface area contributed by atoms with Crippen LogP contribution in [-0.4, -0.2) is 44.0 Å². The molecule has 0 heterocycles. The lowest BCUT2D eigenvalue weighted by molar-refractivity contribution is 0.0953. The molecule has 4 N–H and O–H groups in total. The molecule has 0 atom stereocenters. The molecule has 104 valence electrons. The Morgan fingerprint density at radius 2 is 1.89 bits per heavy atom. The van der Waals surface area contributed by atoms with E-state index in [0.717, 1.165) is 5.56 Å². The monoisotopic (exact) mass is 264 g/mol. The minimum absolute atomic E-state index is 0.172. The zero-order valence-corrected chi connectivity index (χ0v) is 11.3. The Kier molecular flexibility index (Phi) is 5.81. The molecule has 0 saturated carbocycles. The molecule has 0 unspecified atom stereocenters. The average Bonchev–Trinajstić information content (AvgIpc) is 2.42. The third-order valence-electron chi connectivity index (χ3n) is 2.52. The summed E-state index contributed by atoms with van der Waals surface area (Å²) in [4.78, 5) is 24.5. The van der Waals surface area contributed by atoms with E-state index in [0.29, 0.717) is 25.2 Å². The number of amides is 3. The van der Waals surface area contributed by atoms with Crippen LogP contribution in [0.15, 0.2) is 24.3 Å². The van der Waals surface area contributed by atoms with Gasteiger partial charge in [0, 0.05) is 39.3 Å². The highest BCUT2D eigenvalue weighted by Crippen LogP contribution is 2.04. The molecule has 0 saturated heterocycles. The van der Waals surface area contributed by atoms with E-state index in [2.05, 4.69) is 10.6 Å². The van der Waals surface area contributed by atoms with Crippen LogP contribution in [0.25, 0.3) is 0 Å². The number of rotatable bonds is 5. The second-order valence-electron chi connectivity index (χ2n) is 4.29. The van der Waals surface area contributed by atoms with Crippen LogP contribution >= 0.6 is 0 Å². The van der Waals surface area contributed by atoms with E-state index < -0.39 is 0 Å². The number of nitrogens with zero attached hydrogens (tertiary/aromatic N) is 1. The highest BCUT2D eigenvalue weighted by atomic mass is 16.2. The molecule has 6 heteroatoms. The Morgan fingerprint density at radius 3 is 2.53 bits per heavy atom. The summed E-state index contributed by atoms with van der Waals surface area (Å²) in [5.41, 5.74) is 7.00. The molecule has 0 radical (unpaired) electrons. The number of nitrogens with two attached hydrogens (primary N) is 1. The first kappa shape index (κ1) is 15.0. The van der Waals surface area contributed by atoms with Gasteiger partial charge in [0.15, 0.2) is 0 Å². The molecule has 0 aromatic heterocycles. The predicted octanol–water partition coefficient (Wildman–Crippen LogP) is 0.146. The summed E-state index contributed by atoms with van der Waals surface area (Å²) >= 11 is 0. The second-order valence-corrected chi connectivity index (χ2v) is 4.29. The fourth-order valence-corrected chi connectivity index (χ4v) is 1.45. The summed E-state index contributed by atoms with van der Waals surface area (Å²) in [7, 11) is 3.32. The number of urea groups is 1. The van der Waals surface area contributed by atoms with Gasteiger partial charge >= 0.3 is 6.03 Å². The summed E-state index contributed by atoms with van der Waals surface area (Å²) in [5, 5.41) is 5.40. The van der Waals surface area contributed by atoms with Gasteiger partial charge in [0.25, 0.3) is 5.91 Å². The summed E-state index contributed by atoms with van der Waals surface area (Å²) in [6.45, 7) is 1.17. The second kappa shape index (κ2) is 7.38. The van der Waals surface area contributed by atoms with Crippen LogP contribution in [0, 0.1) is 0 Å². The topological polar surface area (TPSA) is 87.5 Å². The van der Waals surface area contributed by atoms with Gasteiger partial charge in [-0.3, -0.25) is 4.79 Å². The van der Waals surface area contributed by atoms with E-state index in [1.54, 1.807) is 32.3 Å². The molecule has 3 amide bonds. The summed E-state index contributed by atoms with van der Waals surface area (Å²) in [5.74, 6) is -0.172. The number of hydrogen-bond donors (Lipinski definition) is 3. The van der Waals surface area contributed by atoms with Crippen molar-refractivity contribution < 1.29 is 9.59 Å². The SMILES string of the molecule is CN(C)C(=O)NCCNC(=O)c1cccc(CN)c1. The molecule has 0 fully saturated rings. The van der Waals surface area contributed by atoms with Crippen molar-refractivity contribution in [2.24, 2.45) is 5.73 Å². The van der Waals surface area contributed by atoms with Gasteiger partial charge in [-0.15, -0.1) is 0 Å². The van der Waals surface area contributed by atoms with Crippen LogP contribution in [0.5, 0.6) is 0 Å². The minimum Gasteiger partial charge on any atom is -0.350 e. The Bertz CT molecular complexity index is 446. The molecule has 0 aliphatic heterocycles. The van der Waals surface area contributed by atoms with Gasteiger partial charge in [-0.2, -0.15) is 0 Å². The van der Waals surface area contributed by atoms with Crippen LogP contribution in [-0.2, 0) is 6.54 Å². The molecule has 1 rings (SSSR count).